The van der Waals surface area contributed by atoms with Crippen LogP contribution < -0.4 is 0 Å². The number of allylic oxidation sites excluding steroid dienone is 2. The number of ether oxygens (including phenoxy) is 2. The molecule has 4 aliphatic carbocycles. The van der Waals surface area contributed by atoms with Crippen molar-refractivity contribution in [2.75, 3.05) is 14.1 Å². The largest absolute Gasteiger partial charge is 0.443 e. The maximum Gasteiger partial charge on any atom is 0.417 e. The number of imide groups is 2. The number of rotatable bonds is 1. The first kappa shape index (κ1) is 32.3. The molecule has 0 unspecified atom stereocenters. The Morgan fingerprint density at radius 2 is 1.34 bits per heavy atom. The molecule has 9 heteroatoms. The standard InChI is InChI=1S/C19H28N2O3.C16H23NO3/c1-19(2,3)24-18(23)21-16-13-9-7-6-8-12(13)10-14(16)15(17(21)22)11-20(4)5;1-16(2,3)20-15(19)17-13(18)9-11-8-10-6-4-5-7-12(10)14(11)17/h9,11-12,14,16H,6-8,10H2,1-5H3;7,10-11,14H,4-6,8-9H2,1-3H3/b15-11+;/t12-,14+,16+;10-,11+,14-/m00/s1. The zero-order chi connectivity index (χ0) is 32.1. The fourth-order valence-corrected chi connectivity index (χ4v) is 8.15. The molecule has 4 amide bonds. The third-order valence-corrected chi connectivity index (χ3v) is 9.56. The van der Waals surface area contributed by atoms with Crippen LogP contribution in [0, 0.1) is 23.7 Å². The zero-order valence-electron chi connectivity index (χ0n) is 27.9. The number of carbonyl (C=O) groups is 4. The maximum absolute atomic E-state index is 13.0. The Bertz CT molecular complexity index is 1280. The van der Waals surface area contributed by atoms with Crippen LogP contribution in [0.25, 0.3) is 0 Å². The van der Waals surface area contributed by atoms with E-state index in [1.165, 1.54) is 40.2 Å². The molecule has 0 aromatic carbocycles. The number of hydrogen-bond acceptors (Lipinski definition) is 7. The molecular formula is C35H51N3O6. The second-order valence-electron chi connectivity index (χ2n) is 15.5. The van der Waals surface area contributed by atoms with E-state index in [4.69, 9.17) is 9.47 Å². The lowest BCUT2D eigenvalue weighted by Crippen LogP contribution is -2.43. The fourth-order valence-electron chi connectivity index (χ4n) is 8.15. The lowest BCUT2D eigenvalue weighted by molar-refractivity contribution is -0.128. The van der Waals surface area contributed by atoms with Crippen molar-refractivity contribution in [3.8, 4) is 0 Å². The molecular weight excluding hydrogens is 558 g/mol. The van der Waals surface area contributed by atoms with Gasteiger partial charge in [0.2, 0.25) is 5.91 Å². The molecule has 0 bridgehead atoms. The van der Waals surface area contributed by atoms with E-state index >= 15 is 0 Å². The van der Waals surface area contributed by atoms with Gasteiger partial charge in [0.1, 0.15) is 11.2 Å². The van der Waals surface area contributed by atoms with Crippen LogP contribution in [0.3, 0.4) is 0 Å². The van der Waals surface area contributed by atoms with Crippen molar-refractivity contribution in [2.24, 2.45) is 23.7 Å². The summed E-state index contributed by atoms with van der Waals surface area (Å²) in [7, 11) is 3.82. The predicted molar refractivity (Wildman–Crippen MR) is 167 cm³/mol. The maximum atomic E-state index is 13.0. The van der Waals surface area contributed by atoms with Gasteiger partial charge in [0, 0.05) is 38.2 Å². The van der Waals surface area contributed by atoms with Crippen molar-refractivity contribution in [3.05, 3.63) is 35.1 Å². The molecule has 6 atom stereocenters. The minimum atomic E-state index is -0.611. The van der Waals surface area contributed by atoms with Gasteiger partial charge < -0.3 is 14.4 Å². The minimum absolute atomic E-state index is 0.0253. The summed E-state index contributed by atoms with van der Waals surface area (Å²) >= 11 is 0. The third kappa shape index (κ3) is 6.47. The van der Waals surface area contributed by atoms with E-state index in [1.54, 1.807) is 0 Å². The first-order chi connectivity index (χ1) is 20.6. The molecule has 4 fully saturated rings. The summed E-state index contributed by atoms with van der Waals surface area (Å²) in [6.45, 7) is 11.0. The van der Waals surface area contributed by atoms with E-state index in [0.29, 0.717) is 24.2 Å². The average molecular weight is 610 g/mol. The Labute approximate surface area is 262 Å². The van der Waals surface area contributed by atoms with Crippen molar-refractivity contribution < 1.29 is 28.7 Å². The van der Waals surface area contributed by atoms with Gasteiger partial charge in [-0.25, -0.2) is 19.4 Å². The van der Waals surface area contributed by atoms with Gasteiger partial charge in [0.05, 0.1) is 12.1 Å². The number of hydrogen-bond donors (Lipinski definition) is 0. The Morgan fingerprint density at radius 1 is 0.818 bits per heavy atom. The number of likely N-dealkylation sites (tertiary alicyclic amines) is 2. The first-order valence-electron chi connectivity index (χ1n) is 16.5. The van der Waals surface area contributed by atoms with E-state index in [1.807, 2.05) is 66.7 Å². The number of fused-ring (bicyclic) bond motifs is 6. The number of carbonyl (C=O) groups excluding carboxylic acids is 4. The van der Waals surface area contributed by atoms with Gasteiger partial charge in [0.25, 0.3) is 5.91 Å². The molecule has 6 aliphatic rings. The Balaban J connectivity index is 0.000000177. The molecule has 2 aliphatic heterocycles. The second-order valence-corrected chi connectivity index (χ2v) is 15.5. The molecule has 0 aromatic rings. The van der Waals surface area contributed by atoms with Gasteiger partial charge in [-0.05, 0) is 122 Å². The van der Waals surface area contributed by atoms with E-state index in [0.717, 1.165) is 37.7 Å². The van der Waals surface area contributed by atoms with Gasteiger partial charge in [-0.2, -0.15) is 0 Å². The Kier molecular flexibility index (Phi) is 8.82. The molecule has 2 saturated heterocycles. The average Bonchev–Trinajstić information content (AvgIpc) is 3.60. The topological polar surface area (TPSA) is 96.5 Å². The normalized spacial score (nSPS) is 31.8. The molecule has 0 spiro atoms. The van der Waals surface area contributed by atoms with Crippen molar-refractivity contribution in [3.63, 3.8) is 0 Å². The quantitative estimate of drug-likeness (QED) is 0.244. The van der Waals surface area contributed by atoms with Crippen LogP contribution in [-0.2, 0) is 19.1 Å². The van der Waals surface area contributed by atoms with Gasteiger partial charge in [0.15, 0.2) is 0 Å². The second kappa shape index (κ2) is 12.0. The minimum Gasteiger partial charge on any atom is -0.443 e. The van der Waals surface area contributed by atoms with Crippen LogP contribution in [0.4, 0.5) is 9.59 Å². The van der Waals surface area contributed by atoms with Gasteiger partial charge in [-0.15, -0.1) is 0 Å². The van der Waals surface area contributed by atoms with Crippen LogP contribution in [0.5, 0.6) is 0 Å². The third-order valence-electron chi connectivity index (χ3n) is 9.56. The SMILES string of the molecule is CC(C)(C)OC(=O)N1C(=O)C[C@H]2C[C@@H]3CCCC=C3[C@H]21.CN(C)/C=C1/C(=O)N(C(=O)OC(C)(C)C)[C@@H]2C3=CCCC[C@H]3C[C@H]12. The van der Waals surface area contributed by atoms with Crippen molar-refractivity contribution in [2.45, 2.75) is 123 Å². The molecule has 242 valence electrons. The monoisotopic (exact) mass is 609 g/mol. The van der Waals surface area contributed by atoms with E-state index in [-0.39, 0.29) is 29.8 Å². The van der Waals surface area contributed by atoms with E-state index in [9.17, 15) is 19.2 Å². The highest BCUT2D eigenvalue weighted by atomic mass is 16.6. The van der Waals surface area contributed by atoms with Crippen LogP contribution >= 0.6 is 0 Å². The summed E-state index contributed by atoms with van der Waals surface area (Å²) in [4.78, 5) is 54.9. The summed E-state index contributed by atoms with van der Waals surface area (Å²) < 4.78 is 11.0. The number of amides is 4. The van der Waals surface area contributed by atoms with Gasteiger partial charge in [-0.1, -0.05) is 12.2 Å². The number of nitrogens with zero attached hydrogens (tertiary/aromatic N) is 3. The highest BCUT2D eigenvalue weighted by molar-refractivity contribution is 6.06. The van der Waals surface area contributed by atoms with Gasteiger partial charge in [-0.3, -0.25) is 9.59 Å². The van der Waals surface area contributed by atoms with E-state index in [2.05, 4.69) is 12.2 Å². The van der Waals surface area contributed by atoms with Crippen molar-refractivity contribution in [1.29, 1.82) is 0 Å². The lowest BCUT2D eigenvalue weighted by atomic mass is 9.89. The Morgan fingerprint density at radius 3 is 1.89 bits per heavy atom. The summed E-state index contributed by atoms with van der Waals surface area (Å²) in [5, 5.41) is 0. The zero-order valence-corrected chi connectivity index (χ0v) is 27.9. The van der Waals surface area contributed by atoms with Gasteiger partial charge >= 0.3 is 12.2 Å². The summed E-state index contributed by atoms with van der Waals surface area (Å²) in [6, 6.07) is -0.175. The molecule has 0 aromatic heterocycles. The first-order valence-corrected chi connectivity index (χ1v) is 16.5. The summed E-state index contributed by atoms with van der Waals surface area (Å²) in [5.74, 6) is 1.22. The molecule has 6 rings (SSSR count). The molecule has 9 nitrogen and oxygen atoms in total. The highest BCUT2D eigenvalue weighted by Crippen LogP contribution is 2.52. The van der Waals surface area contributed by atoms with Crippen molar-refractivity contribution in [1.82, 2.24) is 14.7 Å². The smallest absolute Gasteiger partial charge is 0.417 e. The van der Waals surface area contributed by atoms with Crippen molar-refractivity contribution >= 4 is 24.0 Å². The molecule has 0 radical (unpaired) electrons. The lowest BCUT2D eigenvalue weighted by Gasteiger charge is -2.29. The molecule has 44 heavy (non-hydrogen) atoms. The summed E-state index contributed by atoms with van der Waals surface area (Å²) in [6.07, 6.45) is 14.8. The van der Waals surface area contributed by atoms with Crippen LogP contribution in [0.2, 0.25) is 0 Å². The molecule has 0 N–H and O–H groups in total. The molecule has 2 saturated carbocycles. The van der Waals surface area contributed by atoms with Crippen LogP contribution in [0.1, 0.15) is 99.3 Å². The molecule has 2 heterocycles. The van der Waals surface area contributed by atoms with Crippen LogP contribution in [0.15, 0.2) is 35.1 Å². The fraction of sp³-hybridized carbons (Fsp3) is 0.714. The highest BCUT2D eigenvalue weighted by Gasteiger charge is 2.56. The summed E-state index contributed by atoms with van der Waals surface area (Å²) in [5.41, 5.74) is 2.16. The Hall–Kier alpha value is -3.10. The predicted octanol–water partition coefficient (Wildman–Crippen LogP) is 6.59. The van der Waals surface area contributed by atoms with E-state index < -0.39 is 23.4 Å². The van der Waals surface area contributed by atoms with Crippen LogP contribution in [-0.4, -0.2) is 76.1 Å².